The van der Waals surface area contributed by atoms with Crippen LogP contribution < -0.4 is 14.8 Å². The maximum Gasteiger partial charge on any atom is 0.318 e. The van der Waals surface area contributed by atoms with Gasteiger partial charge in [0.25, 0.3) is 0 Å². The second kappa shape index (κ2) is 11.8. The number of carbonyl (C=O) groups is 2. The molecule has 0 radical (unpaired) electrons. The highest BCUT2D eigenvalue weighted by molar-refractivity contribution is 7.10. The van der Waals surface area contributed by atoms with Crippen molar-refractivity contribution >= 4 is 23.3 Å². The Morgan fingerprint density at radius 1 is 1.29 bits per heavy atom. The van der Waals surface area contributed by atoms with E-state index in [1.165, 1.54) is 4.88 Å². The van der Waals surface area contributed by atoms with Gasteiger partial charge in [-0.05, 0) is 62.3 Å². The number of thiophene rings is 1. The average molecular weight is 502 g/mol. The highest BCUT2D eigenvalue weighted by atomic mass is 32.1. The van der Waals surface area contributed by atoms with Crippen LogP contribution >= 0.6 is 11.3 Å². The van der Waals surface area contributed by atoms with Crippen molar-refractivity contribution in [2.45, 2.75) is 51.3 Å². The number of rotatable bonds is 9. The van der Waals surface area contributed by atoms with Gasteiger partial charge in [0.05, 0.1) is 19.3 Å². The summed E-state index contributed by atoms with van der Waals surface area (Å²) in [6, 6.07) is 9.07. The van der Waals surface area contributed by atoms with Crippen molar-refractivity contribution in [3.63, 3.8) is 0 Å². The first-order valence-corrected chi connectivity index (χ1v) is 13.1. The van der Waals surface area contributed by atoms with Crippen LogP contribution in [0, 0.1) is 0 Å². The second-order valence-corrected chi connectivity index (χ2v) is 10.3. The highest BCUT2D eigenvalue weighted by Crippen LogP contribution is 2.34. The van der Waals surface area contributed by atoms with E-state index in [1.54, 1.807) is 23.3 Å². The molecule has 0 bridgehead atoms. The third-order valence-corrected chi connectivity index (χ3v) is 7.33. The lowest BCUT2D eigenvalue weighted by Crippen LogP contribution is -2.52. The molecule has 0 saturated carbocycles. The second-order valence-electron chi connectivity index (χ2n) is 9.26. The number of hydrogen-bond donors (Lipinski definition) is 1. The number of fused-ring (bicyclic) bond motifs is 1. The van der Waals surface area contributed by atoms with Crippen LogP contribution in [0.3, 0.4) is 0 Å². The summed E-state index contributed by atoms with van der Waals surface area (Å²) in [5, 5.41) is 5.00. The van der Waals surface area contributed by atoms with Crippen molar-refractivity contribution in [2.75, 3.05) is 40.0 Å². The van der Waals surface area contributed by atoms with E-state index >= 15 is 0 Å². The Morgan fingerprint density at radius 2 is 2.11 bits per heavy atom. The summed E-state index contributed by atoms with van der Waals surface area (Å²) in [5.41, 5.74) is 1.12. The zero-order valence-corrected chi connectivity index (χ0v) is 21.5. The average Bonchev–Trinajstić information content (AvgIpc) is 3.53. The number of carbonyl (C=O) groups excluding carboxylic acids is 2. The van der Waals surface area contributed by atoms with Crippen LogP contribution in [0.25, 0.3) is 0 Å². The van der Waals surface area contributed by atoms with Gasteiger partial charge in [-0.1, -0.05) is 6.07 Å². The van der Waals surface area contributed by atoms with Crippen LogP contribution in [0.1, 0.15) is 43.2 Å². The molecule has 9 heteroatoms. The Balaban J connectivity index is 1.49. The van der Waals surface area contributed by atoms with Crippen LogP contribution in [-0.2, 0) is 16.0 Å². The number of hydrogen-bond acceptors (Lipinski definition) is 6. The van der Waals surface area contributed by atoms with Gasteiger partial charge in [0, 0.05) is 36.7 Å². The summed E-state index contributed by atoms with van der Waals surface area (Å²) in [6.45, 7) is 5.87. The van der Waals surface area contributed by atoms with Crippen molar-refractivity contribution in [1.82, 2.24) is 15.1 Å². The first-order valence-electron chi connectivity index (χ1n) is 12.2. The maximum absolute atomic E-state index is 13.6. The number of amides is 3. The normalized spacial score (nSPS) is 19.4. The van der Waals surface area contributed by atoms with Gasteiger partial charge in [0.1, 0.15) is 24.7 Å². The summed E-state index contributed by atoms with van der Waals surface area (Å²) < 4.78 is 17.2. The topological polar surface area (TPSA) is 80.3 Å². The van der Waals surface area contributed by atoms with E-state index in [9.17, 15) is 9.59 Å². The third-order valence-electron chi connectivity index (χ3n) is 6.34. The highest BCUT2D eigenvalue weighted by Gasteiger charge is 2.34. The van der Waals surface area contributed by atoms with Crippen molar-refractivity contribution in [3.05, 3.63) is 46.2 Å². The van der Waals surface area contributed by atoms with E-state index in [0.717, 1.165) is 30.6 Å². The van der Waals surface area contributed by atoms with Crippen molar-refractivity contribution < 1.29 is 23.8 Å². The van der Waals surface area contributed by atoms with Crippen molar-refractivity contribution in [2.24, 2.45) is 0 Å². The monoisotopic (exact) mass is 501 g/mol. The van der Waals surface area contributed by atoms with Gasteiger partial charge in [-0.2, -0.15) is 0 Å². The van der Waals surface area contributed by atoms with Crippen LogP contribution in [0.4, 0.5) is 4.79 Å². The van der Waals surface area contributed by atoms with Gasteiger partial charge < -0.3 is 29.3 Å². The fraction of sp³-hybridized carbons (Fsp3) is 0.538. The largest absolute Gasteiger partial charge is 0.497 e. The molecule has 1 fully saturated rings. The SMILES string of the molecule is COc1cccc(OC[C@@H]2c3ccsc3CCN2C(=O)CN(C[C@@H]2CCCO2)C(=O)NC(C)C)c1. The van der Waals surface area contributed by atoms with Gasteiger partial charge in [-0.25, -0.2) is 4.79 Å². The summed E-state index contributed by atoms with van der Waals surface area (Å²) in [5.74, 6) is 1.32. The van der Waals surface area contributed by atoms with Gasteiger partial charge >= 0.3 is 6.03 Å². The molecule has 0 spiro atoms. The molecule has 35 heavy (non-hydrogen) atoms. The molecular weight excluding hydrogens is 466 g/mol. The van der Waals surface area contributed by atoms with E-state index in [-0.39, 0.29) is 36.7 Å². The standard InChI is InChI=1S/C26H35N3O5S/c1-18(2)27-26(31)28(15-21-8-5-12-33-21)16-25(30)29-11-9-24-22(10-13-35-24)23(29)17-34-20-7-4-6-19(14-20)32-3/h4,6-7,10,13-14,18,21,23H,5,8-9,11-12,15-17H2,1-3H3,(H,27,31)/t21-,23+/m0/s1. The molecule has 3 heterocycles. The number of methoxy groups -OCH3 is 1. The smallest absolute Gasteiger partial charge is 0.318 e. The predicted molar refractivity (Wildman–Crippen MR) is 135 cm³/mol. The van der Waals surface area contributed by atoms with Gasteiger partial charge in [0.15, 0.2) is 0 Å². The minimum Gasteiger partial charge on any atom is -0.497 e. The predicted octanol–water partition coefficient (Wildman–Crippen LogP) is 3.86. The first kappa shape index (κ1) is 25.3. The molecule has 1 aromatic carbocycles. The van der Waals surface area contributed by atoms with Crippen molar-refractivity contribution in [1.29, 1.82) is 0 Å². The number of nitrogens with zero attached hydrogens (tertiary/aromatic N) is 2. The minimum atomic E-state index is -0.235. The zero-order chi connectivity index (χ0) is 24.8. The molecular formula is C26H35N3O5S. The van der Waals surface area contributed by atoms with Crippen molar-refractivity contribution in [3.8, 4) is 11.5 Å². The molecule has 190 valence electrons. The molecule has 3 amide bonds. The van der Waals surface area contributed by atoms with Crippen LogP contribution in [-0.4, -0.2) is 73.8 Å². The summed E-state index contributed by atoms with van der Waals surface area (Å²) in [4.78, 5) is 31.3. The van der Waals surface area contributed by atoms with Crippen LogP contribution in [0.5, 0.6) is 11.5 Å². The fourth-order valence-corrected chi connectivity index (χ4v) is 5.51. The van der Waals surface area contributed by atoms with Gasteiger partial charge in [-0.3, -0.25) is 4.79 Å². The number of ether oxygens (including phenoxy) is 3. The molecule has 2 atom stereocenters. The molecule has 0 aliphatic carbocycles. The third kappa shape index (κ3) is 6.46. The maximum atomic E-state index is 13.6. The minimum absolute atomic E-state index is 0.00748. The van der Waals surface area contributed by atoms with Crippen LogP contribution in [0.15, 0.2) is 35.7 Å². The quantitative estimate of drug-likeness (QED) is 0.564. The summed E-state index contributed by atoms with van der Waals surface area (Å²) in [7, 11) is 1.62. The van der Waals surface area contributed by atoms with E-state index < -0.39 is 0 Å². The molecule has 1 aromatic heterocycles. The molecule has 1 N–H and O–H groups in total. The Morgan fingerprint density at radius 3 is 2.86 bits per heavy atom. The molecule has 2 aromatic rings. The van der Waals surface area contributed by atoms with E-state index in [2.05, 4.69) is 16.8 Å². The molecule has 4 rings (SSSR count). The fourth-order valence-electron chi connectivity index (χ4n) is 4.59. The Bertz CT molecular complexity index is 1000. The Labute approximate surface area is 211 Å². The first-order chi connectivity index (χ1) is 16.9. The zero-order valence-electron chi connectivity index (χ0n) is 20.7. The lowest BCUT2D eigenvalue weighted by Gasteiger charge is -2.37. The number of nitrogens with one attached hydrogen (secondary N) is 1. The summed E-state index contributed by atoms with van der Waals surface area (Å²) in [6.07, 6.45) is 2.66. The van der Waals surface area contributed by atoms with E-state index in [0.29, 0.717) is 32.1 Å². The van der Waals surface area contributed by atoms with Crippen LogP contribution in [0.2, 0.25) is 0 Å². The molecule has 0 unspecified atom stereocenters. The number of benzene rings is 1. The Kier molecular flexibility index (Phi) is 8.51. The molecule has 8 nitrogen and oxygen atoms in total. The van der Waals surface area contributed by atoms with Gasteiger partial charge in [-0.15, -0.1) is 11.3 Å². The van der Waals surface area contributed by atoms with E-state index in [1.807, 2.05) is 43.0 Å². The molecule has 1 saturated heterocycles. The molecule has 2 aliphatic heterocycles. The lowest BCUT2D eigenvalue weighted by atomic mass is 10.0. The Hall–Kier alpha value is -2.78. The number of urea groups is 1. The summed E-state index contributed by atoms with van der Waals surface area (Å²) >= 11 is 1.71. The molecule has 2 aliphatic rings. The van der Waals surface area contributed by atoms with E-state index in [4.69, 9.17) is 14.2 Å². The lowest BCUT2D eigenvalue weighted by molar-refractivity contribution is -0.135. The van der Waals surface area contributed by atoms with Gasteiger partial charge in [0.2, 0.25) is 5.91 Å².